The van der Waals surface area contributed by atoms with Crippen molar-refractivity contribution in [2.24, 2.45) is 5.41 Å². The molecule has 2 rings (SSSR count). The van der Waals surface area contributed by atoms with E-state index in [1.165, 1.54) is 32.1 Å². The van der Waals surface area contributed by atoms with Crippen LogP contribution >= 0.6 is 12.6 Å². The van der Waals surface area contributed by atoms with Gasteiger partial charge in [0.15, 0.2) is 0 Å². The highest BCUT2D eigenvalue weighted by Gasteiger charge is 2.35. The van der Waals surface area contributed by atoms with Crippen molar-refractivity contribution >= 4 is 12.6 Å². The van der Waals surface area contributed by atoms with Gasteiger partial charge in [-0.2, -0.15) is 12.6 Å². The Balaban J connectivity index is 1.96. The second-order valence-corrected chi connectivity index (χ2v) is 6.57. The quantitative estimate of drug-likeness (QED) is 0.736. The average molecular weight is 287 g/mol. The Hall–Kier alpha value is 0.230. The molecule has 1 aliphatic carbocycles. The third kappa shape index (κ3) is 4.35. The zero-order valence-electron chi connectivity index (χ0n) is 12.0. The maximum absolute atomic E-state index is 9.37. The fraction of sp³-hybridized carbons (Fsp3) is 1.00. The molecule has 4 heteroatoms. The van der Waals surface area contributed by atoms with E-state index in [4.69, 9.17) is 4.74 Å². The van der Waals surface area contributed by atoms with Crippen molar-refractivity contribution in [3.05, 3.63) is 0 Å². The van der Waals surface area contributed by atoms with Crippen LogP contribution in [0.25, 0.3) is 0 Å². The van der Waals surface area contributed by atoms with Crippen LogP contribution in [-0.2, 0) is 4.74 Å². The summed E-state index contributed by atoms with van der Waals surface area (Å²) in [4.78, 5) is 2.54. The molecule has 19 heavy (non-hydrogen) atoms. The zero-order chi connectivity index (χ0) is 13.6. The summed E-state index contributed by atoms with van der Waals surface area (Å²) in [5, 5.41) is 9.37. The van der Waals surface area contributed by atoms with E-state index in [9.17, 15) is 5.11 Å². The van der Waals surface area contributed by atoms with Gasteiger partial charge < -0.3 is 9.84 Å². The molecule has 1 aliphatic heterocycles. The molecule has 0 atom stereocenters. The maximum Gasteiger partial charge on any atom is 0.0558 e. The molecule has 112 valence electrons. The lowest BCUT2D eigenvalue weighted by molar-refractivity contribution is -0.00697. The first-order valence-electron chi connectivity index (χ1n) is 7.83. The summed E-state index contributed by atoms with van der Waals surface area (Å²) in [6, 6.07) is 0.681. The fourth-order valence-electron chi connectivity index (χ4n) is 3.57. The Kier molecular flexibility index (Phi) is 6.46. The van der Waals surface area contributed by atoms with E-state index < -0.39 is 0 Å². The molecule has 3 nitrogen and oxygen atoms in total. The van der Waals surface area contributed by atoms with Crippen LogP contribution < -0.4 is 0 Å². The Morgan fingerprint density at radius 2 is 1.84 bits per heavy atom. The first kappa shape index (κ1) is 15.6. The molecule has 0 aromatic carbocycles. The average Bonchev–Trinajstić information content (AvgIpc) is 2.49. The summed E-state index contributed by atoms with van der Waals surface area (Å²) < 4.78 is 5.51. The molecule has 0 spiro atoms. The minimum atomic E-state index is 0.273. The van der Waals surface area contributed by atoms with Gasteiger partial charge in [0.25, 0.3) is 0 Å². The molecule has 0 bridgehead atoms. The Morgan fingerprint density at radius 3 is 2.42 bits per heavy atom. The summed E-state index contributed by atoms with van der Waals surface area (Å²) in [6.45, 7) is 3.93. The third-order valence-electron chi connectivity index (χ3n) is 4.91. The number of thiol groups is 1. The lowest BCUT2D eigenvalue weighted by Gasteiger charge is -2.43. The van der Waals surface area contributed by atoms with Gasteiger partial charge >= 0.3 is 0 Å². The molecule has 0 aromatic heterocycles. The predicted molar refractivity (Wildman–Crippen MR) is 81.9 cm³/mol. The maximum atomic E-state index is 9.37. The minimum absolute atomic E-state index is 0.273. The van der Waals surface area contributed by atoms with Crippen molar-refractivity contribution in [2.75, 3.05) is 38.7 Å². The SMILES string of the molecule is OCCN(CC1(CS)CCOCC1)C1CCCCC1. The van der Waals surface area contributed by atoms with Crippen molar-refractivity contribution in [1.29, 1.82) is 0 Å². The Morgan fingerprint density at radius 1 is 1.16 bits per heavy atom. The van der Waals surface area contributed by atoms with E-state index in [-0.39, 0.29) is 6.61 Å². The normalized spacial score (nSPS) is 24.8. The molecule has 2 aliphatic rings. The van der Waals surface area contributed by atoms with Crippen molar-refractivity contribution in [1.82, 2.24) is 4.90 Å². The smallest absolute Gasteiger partial charge is 0.0558 e. The number of rotatable bonds is 6. The van der Waals surface area contributed by atoms with E-state index >= 15 is 0 Å². The van der Waals surface area contributed by atoms with Gasteiger partial charge in [-0.3, -0.25) is 4.90 Å². The number of aliphatic hydroxyl groups excluding tert-OH is 1. The van der Waals surface area contributed by atoms with Gasteiger partial charge in [0.05, 0.1) is 6.61 Å². The number of aliphatic hydroxyl groups is 1. The highest BCUT2D eigenvalue weighted by atomic mass is 32.1. The van der Waals surface area contributed by atoms with Crippen LogP contribution in [0.3, 0.4) is 0 Å². The van der Waals surface area contributed by atoms with Gasteiger partial charge in [0.2, 0.25) is 0 Å². The summed E-state index contributed by atoms with van der Waals surface area (Å²) in [5.74, 6) is 0.936. The number of ether oxygens (including phenoxy) is 1. The van der Waals surface area contributed by atoms with E-state index in [1.54, 1.807) is 0 Å². The molecule has 0 aromatic rings. The Labute approximate surface area is 123 Å². The van der Waals surface area contributed by atoms with Crippen molar-refractivity contribution < 1.29 is 9.84 Å². The van der Waals surface area contributed by atoms with Crippen molar-refractivity contribution in [3.8, 4) is 0 Å². The van der Waals surface area contributed by atoms with Gasteiger partial charge in [-0.1, -0.05) is 19.3 Å². The molecule has 1 saturated heterocycles. The molecule has 1 heterocycles. The van der Waals surface area contributed by atoms with E-state index in [0.717, 1.165) is 44.9 Å². The molecule has 1 N–H and O–H groups in total. The largest absolute Gasteiger partial charge is 0.395 e. The number of hydrogen-bond donors (Lipinski definition) is 2. The van der Waals surface area contributed by atoms with Crippen LogP contribution in [0.1, 0.15) is 44.9 Å². The summed E-state index contributed by atoms with van der Waals surface area (Å²) in [5.41, 5.74) is 0.300. The minimum Gasteiger partial charge on any atom is -0.395 e. The number of nitrogens with zero attached hydrogens (tertiary/aromatic N) is 1. The van der Waals surface area contributed by atoms with Crippen LogP contribution in [0.4, 0.5) is 0 Å². The van der Waals surface area contributed by atoms with Crippen molar-refractivity contribution in [2.45, 2.75) is 51.0 Å². The van der Waals surface area contributed by atoms with Gasteiger partial charge in [-0.25, -0.2) is 0 Å². The molecule has 0 amide bonds. The molecular formula is C15H29NO2S. The second kappa shape index (κ2) is 7.87. The van der Waals surface area contributed by atoms with Gasteiger partial charge in [0.1, 0.15) is 0 Å². The second-order valence-electron chi connectivity index (χ2n) is 6.26. The fourth-order valence-corrected chi connectivity index (χ4v) is 3.98. The Bertz CT molecular complexity index is 251. The van der Waals surface area contributed by atoms with Crippen LogP contribution in [0.2, 0.25) is 0 Å². The molecule has 1 saturated carbocycles. The van der Waals surface area contributed by atoms with Crippen LogP contribution in [0, 0.1) is 5.41 Å². The van der Waals surface area contributed by atoms with Crippen LogP contribution in [-0.4, -0.2) is 54.7 Å². The highest BCUT2D eigenvalue weighted by Crippen LogP contribution is 2.34. The third-order valence-corrected chi connectivity index (χ3v) is 5.58. The zero-order valence-corrected chi connectivity index (χ0v) is 12.9. The highest BCUT2D eigenvalue weighted by molar-refractivity contribution is 7.80. The molecular weight excluding hydrogens is 258 g/mol. The summed E-state index contributed by atoms with van der Waals surface area (Å²) >= 11 is 4.61. The first-order chi connectivity index (χ1) is 9.29. The predicted octanol–water partition coefficient (Wildman–Crippen LogP) is 2.34. The van der Waals surface area contributed by atoms with E-state index in [2.05, 4.69) is 17.5 Å². The topological polar surface area (TPSA) is 32.7 Å². The van der Waals surface area contributed by atoms with Gasteiger partial charge in [0, 0.05) is 32.3 Å². The lowest BCUT2D eigenvalue weighted by Crippen LogP contribution is -2.48. The van der Waals surface area contributed by atoms with Crippen LogP contribution in [0.15, 0.2) is 0 Å². The van der Waals surface area contributed by atoms with Crippen molar-refractivity contribution in [3.63, 3.8) is 0 Å². The number of hydrogen-bond acceptors (Lipinski definition) is 4. The first-order valence-corrected chi connectivity index (χ1v) is 8.46. The monoisotopic (exact) mass is 287 g/mol. The van der Waals surface area contributed by atoms with E-state index in [1.807, 2.05) is 0 Å². The summed E-state index contributed by atoms with van der Waals surface area (Å²) in [6.07, 6.45) is 8.93. The molecule has 0 radical (unpaired) electrons. The molecule has 2 fully saturated rings. The summed E-state index contributed by atoms with van der Waals surface area (Å²) in [7, 11) is 0. The van der Waals surface area contributed by atoms with Gasteiger partial charge in [-0.15, -0.1) is 0 Å². The molecule has 0 unspecified atom stereocenters. The van der Waals surface area contributed by atoms with Gasteiger partial charge in [-0.05, 0) is 36.9 Å². The van der Waals surface area contributed by atoms with E-state index in [0.29, 0.717) is 11.5 Å². The lowest BCUT2D eigenvalue weighted by atomic mass is 9.80. The standard InChI is InChI=1S/C15H29NO2S/c17-9-8-16(14-4-2-1-3-5-14)12-15(13-19)6-10-18-11-7-15/h14,17,19H,1-13H2. The van der Waals surface area contributed by atoms with Crippen LogP contribution in [0.5, 0.6) is 0 Å².